The van der Waals surface area contributed by atoms with Crippen molar-refractivity contribution in [2.24, 2.45) is 7.05 Å². The highest BCUT2D eigenvalue weighted by Crippen LogP contribution is 2.21. The van der Waals surface area contributed by atoms with Crippen molar-refractivity contribution in [1.82, 2.24) is 14.8 Å². The number of carbonyl (C=O) groups excluding carboxylic acids is 1. The Morgan fingerprint density at radius 3 is 2.29 bits per heavy atom. The summed E-state index contributed by atoms with van der Waals surface area (Å²) in [6, 6.07) is 16.4. The second kappa shape index (κ2) is 9.80. The van der Waals surface area contributed by atoms with Gasteiger partial charge in [0.2, 0.25) is 5.91 Å². The summed E-state index contributed by atoms with van der Waals surface area (Å²) in [4.78, 5) is 12.1. The summed E-state index contributed by atoms with van der Waals surface area (Å²) in [6.07, 6.45) is 0. The number of thioether (sulfide) groups is 2. The molecule has 0 aliphatic carbocycles. The van der Waals surface area contributed by atoms with E-state index in [0.717, 1.165) is 28.2 Å². The van der Waals surface area contributed by atoms with Crippen molar-refractivity contribution in [2.45, 2.75) is 30.5 Å². The molecule has 0 spiro atoms. The largest absolute Gasteiger partial charge is 0.325 e. The van der Waals surface area contributed by atoms with E-state index in [1.807, 2.05) is 54.6 Å². The van der Waals surface area contributed by atoms with E-state index >= 15 is 0 Å². The smallest absolute Gasteiger partial charge is 0.234 e. The zero-order valence-corrected chi connectivity index (χ0v) is 17.9. The number of carbonyl (C=O) groups is 1. The summed E-state index contributed by atoms with van der Waals surface area (Å²) in [5.41, 5.74) is 4.55. The molecule has 0 fully saturated rings. The third kappa shape index (κ3) is 5.87. The van der Waals surface area contributed by atoms with Crippen molar-refractivity contribution in [3.05, 3.63) is 71.0 Å². The van der Waals surface area contributed by atoms with E-state index in [1.54, 1.807) is 0 Å². The van der Waals surface area contributed by atoms with E-state index in [-0.39, 0.29) is 5.91 Å². The van der Waals surface area contributed by atoms with Gasteiger partial charge in [-0.15, -0.1) is 22.0 Å². The minimum absolute atomic E-state index is 0.0489. The van der Waals surface area contributed by atoms with E-state index < -0.39 is 0 Å². The molecule has 1 amide bonds. The van der Waals surface area contributed by atoms with Gasteiger partial charge in [0.1, 0.15) is 5.82 Å². The molecular formula is C21H24N4OS2. The summed E-state index contributed by atoms with van der Waals surface area (Å²) in [6.45, 7) is 4.11. The first-order chi connectivity index (χ1) is 13.5. The zero-order valence-electron chi connectivity index (χ0n) is 16.3. The Balaban J connectivity index is 1.46. The van der Waals surface area contributed by atoms with Gasteiger partial charge in [-0.25, -0.2) is 0 Å². The van der Waals surface area contributed by atoms with Gasteiger partial charge in [0, 0.05) is 18.5 Å². The molecule has 7 heteroatoms. The molecule has 0 radical (unpaired) electrons. The van der Waals surface area contributed by atoms with Crippen LogP contribution in [0.1, 0.15) is 22.5 Å². The first-order valence-corrected chi connectivity index (χ1v) is 11.2. The predicted molar refractivity (Wildman–Crippen MR) is 118 cm³/mol. The molecule has 0 saturated heterocycles. The van der Waals surface area contributed by atoms with Crippen molar-refractivity contribution in [2.75, 3.05) is 11.1 Å². The molecule has 0 aliphatic heterocycles. The molecule has 0 bridgehead atoms. The number of rotatable bonds is 8. The zero-order chi connectivity index (χ0) is 19.9. The van der Waals surface area contributed by atoms with Crippen LogP contribution < -0.4 is 5.32 Å². The highest BCUT2D eigenvalue weighted by atomic mass is 32.2. The first-order valence-electron chi connectivity index (χ1n) is 9.02. The Kier molecular flexibility index (Phi) is 7.17. The summed E-state index contributed by atoms with van der Waals surface area (Å²) < 4.78 is 1.96. The van der Waals surface area contributed by atoms with Crippen LogP contribution in [0, 0.1) is 13.8 Å². The number of nitrogens with zero attached hydrogens (tertiary/aromatic N) is 3. The Bertz CT molecular complexity index is 921. The van der Waals surface area contributed by atoms with Crippen LogP contribution in [0.4, 0.5) is 5.69 Å². The van der Waals surface area contributed by atoms with Crippen LogP contribution in [0.2, 0.25) is 0 Å². The van der Waals surface area contributed by atoms with Gasteiger partial charge in [0.15, 0.2) is 5.16 Å². The minimum atomic E-state index is -0.0489. The average Bonchev–Trinajstić information content (AvgIpc) is 3.03. The molecule has 28 heavy (non-hydrogen) atoms. The van der Waals surface area contributed by atoms with E-state index in [9.17, 15) is 4.79 Å². The van der Waals surface area contributed by atoms with E-state index in [0.29, 0.717) is 5.75 Å². The van der Waals surface area contributed by atoms with Crippen LogP contribution in [0.3, 0.4) is 0 Å². The van der Waals surface area contributed by atoms with Gasteiger partial charge in [-0.2, -0.15) is 0 Å². The van der Waals surface area contributed by atoms with Gasteiger partial charge in [0.05, 0.1) is 11.5 Å². The van der Waals surface area contributed by atoms with Crippen molar-refractivity contribution >= 4 is 35.1 Å². The third-order valence-electron chi connectivity index (χ3n) is 4.21. The Morgan fingerprint density at radius 2 is 1.61 bits per heavy atom. The number of aryl methyl sites for hydroxylation is 2. The maximum absolute atomic E-state index is 12.1. The van der Waals surface area contributed by atoms with Crippen molar-refractivity contribution in [3.63, 3.8) is 0 Å². The van der Waals surface area contributed by atoms with Gasteiger partial charge >= 0.3 is 0 Å². The number of hydrogen-bond donors (Lipinski definition) is 1. The molecule has 1 heterocycles. The molecule has 146 valence electrons. The van der Waals surface area contributed by atoms with Crippen LogP contribution in [0.5, 0.6) is 0 Å². The lowest BCUT2D eigenvalue weighted by molar-refractivity contribution is -0.113. The molecule has 5 nitrogen and oxygen atoms in total. The number of amides is 1. The van der Waals surface area contributed by atoms with Crippen LogP contribution >= 0.6 is 23.5 Å². The number of benzene rings is 2. The minimum Gasteiger partial charge on any atom is -0.325 e. The lowest BCUT2D eigenvalue weighted by Crippen LogP contribution is -2.14. The maximum atomic E-state index is 12.1. The van der Waals surface area contributed by atoms with Gasteiger partial charge in [-0.3, -0.25) is 4.79 Å². The molecule has 0 unspecified atom stereocenters. The van der Waals surface area contributed by atoms with Gasteiger partial charge < -0.3 is 9.88 Å². The second-order valence-corrected chi connectivity index (χ2v) is 8.57. The number of hydrogen-bond acceptors (Lipinski definition) is 5. The highest BCUT2D eigenvalue weighted by molar-refractivity contribution is 7.99. The van der Waals surface area contributed by atoms with Crippen LogP contribution in [0.25, 0.3) is 0 Å². The second-order valence-electron chi connectivity index (χ2n) is 6.64. The fourth-order valence-electron chi connectivity index (χ4n) is 2.50. The number of nitrogens with one attached hydrogen (secondary N) is 1. The normalized spacial score (nSPS) is 10.8. The van der Waals surface area contributed by atoms with Crippen LogP contribution in [-0.2, 0) is 23.3 Å². The third-order valence-corrected chi connectivity index (χ3v) is 6.23. The van der Waals surface area contributed by atoms with Gasteiger partial charge in [0.25, 0.3) is 0 Å². The molecule has 3 aromatic rings. The number of anilines is 1. The summed E-state index contributed by atoms with van der Waals surface area (Å²) in [7, 11) is 1.95. The topological polar surface area (TPSA) is 59.8 Å². The standard InChI is InChI=1S/C21H24N4OS2/c1-15-4-8-17(9-5-15)12-27-13-19-23-24-21(25(19)3)28-14-20(26)22-18-10-6-16(2)7-11-18/h4-11H,12-14H2,1-3H3,(H,22,26). The molecule has 0 atom stereocenters. The van der Waals surface area contributed by atoms with Crippen molar-refractivity contribution < 1.29 is 4.79 Å². The van der Waals surface area contributed by atoms with Crippen LogP contribution in [-0.4, -0.2) is 26.4 Å². The molecule has 3 rings (SSSR count). The summed E-state index contributed by atoms with van der Waals surface area (Å²) in [5.74, 6) is 2.89. The fraction of sp³-hybridized carbons (Fsp3) is 0.286. The van der Waals surface area contributed by atoms with E-state index in [4.69, 9.17) is 0 Å². The first kappa shape index (κ1) is 20.5. The van der Waals surface area contributed by atoms with E-state index in [2.05, 4.69) is 46.7 Å². The van der Waals surface area contributed by atoms with E-state index in [1.165, 1.54) is 28.5 Å². The van der Waals surface area contributed by atoms with Crippen molar-refractivity contribution in [1.29, 1.82) is 0 Å². The summed E-state index contributed by atoms with van der Waals surface area (Å²) in [5, 5.41) is 12.2. The Hall–Kier alpha value is -2.25. The predicted octanol–water partition coefficient (Wildman–Crippen LogP) is 4.60. The Morgan fingerprint density at radius 1 is 0.964 bits per heavy atom. The lowest BCUT2D eigenvalue weighted by Gasteiger charge is -2.06. The number of aromatic nitrogens is 3. The molecule has 1 aromatic heterocycles. The SMILES string of the molecule is Cc1ccc(CSCc2nnc(SCC(=O)Nc3ccc(C)cc3)n2C)cc1. The molecule has 0 saturated carbocycles. The van der Waals surface area contributed by atoms with Crippen molar-refractivity contribution in [3.8, 4) is 0 Å². The van der Waals surface area contributed by atoms with Crippen LogP contribution in [0.15, 0.2) is 53.7 Å². The quantitative estimate of drug-likeness (QED) is 0.548. The molecule has 0 aliphatic rings. The fourth-order valence-corrected chi connectivity index (χ4v) is 4.20. The molecular weight excluding hydrogens is 388 g/mol. The summed E-state index contributed by atoms with van der Waals surface area (Å²) >= 11 is 3.21. The van der Waals surface area contributed by atoms with Gasteiger partial charge in [-0.05, 0) is 31.5 Å². The average molecular weight is 413 g/mol. The molecule has 1 N–H and O–H groups in total. The molecule has 2 aromatic carbocycles. The highest BCUT2D eigenvalue weighted by Gasteiger charge is 2.12. The monoisotopic (exact) mass is 412 g/mol. The lowest BCUT2D eigenvalue weighted by atomic mass is 10.2. The Labute approximate surface area is 174 Å². The van der Waals surface area contributed by atoms with Gasteiger partial charge in [-0.1, -0.05) is 59.3 Å². The maximum Gasteiger partial charge on any atom is 0.234 e.